The lowest BCUT2D eigenvalue weighted by molar-refractivity contribution is -0.139. The third-order valence-corrected chi connectivity index (χ3v) is 5.66. The van der Waals surface area contributed by atoms with Crippen molar-refractivity contribution in [2.45, 2.75) is 38.4 Å². The molecule has 152 valence electrons. The van der Waals surface area contributed by atoms with Crippen LogP contribution in [0.1, 0.15) is 35.9 Å². The Morgan fingerprint density at radius 2 is 2.17 bits per heavy atom. The zero-order valence-corrected chi connectivity index (χ0v) is 16.2. The Hall–Kier alpha value is -3.23. The molecule has 2 aromatic rings. The normalized spacial score (nSPS) is 23.8. The Kier molecular flexibility index (Phi) is 5.28. The second-order valence-electron chi connectivity index (χ2n) is 7.38. The largest absolute Gasteiger partial charge is 0.364 e. The lowest BCUT2D eigenvalue weighted by Gasteiger charge is -2.39. The highest BCUT2D eigenvalue weighted by Gasteiger charge is 2.49. The van der Waals surface area contributed by atoms with Gasteiger partial charge in [-0.2, -0.15) is 0 Å². The van der Waals surface area contributed by atoms with Crippen LogP contribution in [-0.2, 0) is 16.1 Å². The monoisotopic (exact) mass is 397 g/mol. The molecule has 0 unspecified atom stereocenters. The smallest absolute Gasteiger partial charge is 0.276 e. The van der Waals surface area contributed by atoms with Gasteiger partial charge in [-0.15, -0.1) is 0 Å². The maximum atomic E-state index is 12.9. The molecule has 3 amide bonds. The maximum Gasteiger partial charge on any atom is 0.276 e. The molecule has 2 aromatic heterocycles. The van der Waals surface area contributed by atoms with Crippen molar-refractivity contribution >= 4 is 17.7 Å². The van der Waals surface area contributed by atoms with Gasteiger partial charge in [0.1, 0.15) is 12.8 Å². The third-order valence-electron chi connectivity index (χ3n) is 5.66. The molecule has 3 atom stereocenters. The minimum absolute atomic E-state index is 0.0129. The summed E-state index contributed by atoms with van der Waals surface area (Å²) in [6.45, 7) is 2.70. The van der Waals surface area contributed by atoms with Crippen LogP contribution in [0.4, 0.5) is 0 Å². The quantitative estimate of drug-likeness (QED) is 0.801. The predicted octanol–water partition coefficient (Wildman–Crippen LogP) is 0.837. The van der Waals surface area contributed by atoms with E-state index in [9.17, 15) is 14.4 Å². The number of fused-ring (bicyclic) bond motifs is 1. The first kappa shape index (κ1) is 19.1. The van der Waals surface area contributed by atoms with Crippen molar-refractivity contribution < 1.29 is 18.9 Å². The van der Waals surface area contributed by atoms with E-state index in [2.05, 4.69) is 15.5 Å². The SMILES string of the molecule is CC[C@H]1[C@@H](C(=O)NCc2ccccn2)C[C@H]2CN(C(=O)c3ccon3)CC(=O)N21. The Balaban J connectivity index is 1.44. The molecular weight excluding hydrogens is 374 g/mol. The zero-order valence-electron chi connectivity index (χ0n) is 16.2. The number of carbonyl (C=O) groups excluding carboxylic acids is 3. The van der Waals surface area contributed by atoms with E-state index in [1.54, 1.807) is 11.1 Å². The summed E-state index contributed by atoms with van der Waals surface area (Å²) in [6, 6.07) is 6.69. The molecule has 29 heavy (non-hydrogen) atoms. The number of nitrogens with zero attached hydrogens (tertiary/aromatic N) is 4. The summed E-state index contributed by atoms with van der Waals surface area (Å²) >= 11 is 0. The number of hydrogen-bond donors (Lipinski definition) is 1. The van der Waals surface area contributed by atoms with E-state index in [0.29, 0.717) is 25.9 Å². The first-order chi connectivity index (χ1) is 14.1. The highest BCUT2D eigenvalue weighted by atomic mass is 16.5. The lowest BCUT2D eigenvalue weighted by atomic mass is 9.96. The van der Waals surface area contributed by atoms with E-state index in [1.165, 1.54) is 17.2 Å². The molecule has 2 aliphatic rings. The molecule has 9 nitrogen and oxygen atoms in total. The van der Waals surface area contributed by atoms with Crippen LogP contribution in [0.5, 0.6) is 0 Å². The van der Waals surface area contributed by atoms with Crippen LogP contribution in [0.25, 0.3) is 0 Å². The number of aromatic nitrogens is 2. The van der Waals surface area contributed by atoms with Gasteiger partial charge in [0.15, 0.2) is 5.69 Å². The maximum absolute atomic E-state index is 12.9. The van der Waals surface area contributed by atoms with Gasteiger partial charge in [-0.1, -0.05) is 18.1 Å². The summed E-state index contributed by atoms with van der Waals surface area (Å²) in [4.78, 5) is 45.8. The number of amides is 3. The van der Waals surface area contributed by atoms with E-state index in [1.807, 2.05) is 25.1 Å². The fourth-order valence-corrected chi connectivity index (χ4v) is 4.36. The van der Waals surface area contributed by atoms with Gasteiger partial charge in [0.25, 0.3) is 5.91 Å². The molecule has 2 aliphatic heterocycles. The van der Waals surface area contributed by atoms with Crippen LogP contribution in [0.2, 0.25) is 0 Å². The molecule has 0 spiro atoms. The molecule has 0 aliphatic carbocycles. The first-order valence-corrected chi connectivity index (χ1v) is 9.77. The number of rotatable bonds is 5. The van der Waals surface area contributed by atoms with Crippen molar-refractivity contribution in [3.05, 3.63) is 48.1 Å². The molecule has 4 rings (SSSR count). The highest BCUT2D eigenvalue weighted by molar-refractivity contribution is 5.96. The van der Waals surface area contributed by atoms with Gasteiger partial charge < -0.3 is 19.6 Å². The molecule has 1 N–H and O–H groups in total. The number of piperazine rings is 1. The zero-order chi connectivity index (χ0) is 20.4. The van der Waals surface area contributed by atoms with E-state index >= 15 is 0 Å². The average molecular weight is 397 g/mol. The van der Waals surface area contributed by atoms with Crippen molar-refractivity contribution in [3.63, 3.8) is 0 Å². The van der Waals surface area contributed by atoms with E-state index in [0.717, 1.165) is 5.69 Å². The van der Waals surface area contributed by atoms with Crippen molar-refractivity contribution in [1.82, 2.24) is 25.3 Å². The number of nitrogens with one attached hydrogen (secondary N) is 1. The van der Waals surface area contributed by atoms with Gasteiger partial charge in [-0.05, 0) is 25.0 Å². The van der Waals surface area contributed by atoms with Crippen LogP contribution in [0.3, 0.4) is 0 Å². The second kappa shape index (κ2) is 8.02. The van der Waals surface area contributed by atoms with Gasteiger partial charge in [0.05, 0.1) is 24.2 Å². The molecule has 0 bridgehead atoms. The van der Waals surface area contributed by atoms with Crippen molar-refractivity contribution in [2.75, 3.05) is 13.1 Å². The topological polar surface area (TPSA) is 109 Å². The van der Waals surface area contributed by atoms with Crippen LogP contribution in [-0.4, -0.2) is 62.8 Å². The molecular formula is C20H23N5O4. The number of pyridine rings is 1. The summed E-state index contributed by atoms with van der Waals surface area (Å²) in [5.74, 6) is -0.855. The van der Waals surface area contributed by atoms with Crippen molar-refractivity contribution in [3.8, 4) is 0 Å². The van der Waals surface area contributed by atoms with Gasteiger partial charge in [-0.3, -0.25) is 19.4 Å². The summed E-state index contributed by atoms with van der Waals surface area (Å²) in [5, 5.41) is 6.61. The van der Waals surface area contributed by atoms with Gasteiger partial charge in [0.2, 0.25) is 11.8 Å². The summed E-state index contributed by atoms with van der Waals surface area (Å²) < 4.78 is 4.74. The molecule has 2 saturated heterocycles. The highest BCUT2D eigenvalue weighted by Crippen LogP contribution is 2.35. The minimum atomic E-state index is -0.331. The Morgan fingerprint density at radius 1 is 1.31 bits per heavy atom. The van der Waals surface area contributed by atoms with Gasteiger partial charge >= 0.3 is 0 Å². The molecule has 4 heterocycles. The Morgan fingerprint density at radius 3 is 2.86 bits per heavy atom. The van der Waals surface area contributed by atoms with Gasteiger partial charge in [-0.25, -0.2) is 0 Å². The average Bonchev–Trinajstić information content (AvgIpc) is 3.40. The van der Waals surface area contributed by atoms with E-state index in [4.69, 9.17) is 4.52 Å². The predicted molar refractivity (Wildman–Crippen MR) is 101 cm³/mol. The summed E-state index contributed by atoms with van der Waals surface area (Å²) in [7, 11) is 0. The van der Waals surface area contributed by atoms with Crippen LogP contribution >= 0.6 is 0 Å². The summed E-state index contributed by atoms with van der Waals surface area (Å²) in [6.07, 6.45) is 4.23. The fourth-order valence-electron chi connectivity index (χ4n) is 4.36. The van der Waals surface area contributed by atoms with E-state index in [-0.39, 0.29) is 48.0 Å². The molecule has 0 aromatic carbocycles. The number of carbonyl (C=O) groups is 3. The van der Waals surface area contributed by atoms with Crippen LogP contribution in [0.15, 0.2) is 41.2 Å². The number of hydrogen-bond acceptors (Lipinski definition) is 6. The summed E-state index contributed by atoms with van der Waals surface area (Å²) in [5.41, 5.74) is 0.964. The van der Waals surface area contributed by atoms with Crippen LogP contribution in [0, 0.1) is 5.92 Å². The standard InChI is InChI=1S/C20H23N5O4/c1-2-17-15(19(27)22-10-13-5-3-4-7-21-13)9-14-11-24(12-18(26)25(14)17)20(28)16-6-8-29-23-16/h3-8,14-15,17H,2,9-12H2,1H3,(H,22,27)/t14-,15-,17-/m0/s1. The molecule has 9 heteroatoms. The second-order valence-corrected chi connectivity index (χ2v) is 7.38. The Labute approximate surface area is 168 Å². The van der Waals surface area contributed by atoms with Gasteiger partial charge in [0, 0.05) is 24.8 Å². The minimum Gasteiger partial charge on any atom is -0.364 e. The Bertz CT molecular complexity index is 886. The van der Waals surface area contributed by atoms with Crippen molar-refractivity contribution in [2.24, 2.45) is 5.92 Å². The lowest BCUT2D eigenvalue weighted by Crippen LogP contribution is -2.57. The molecule has 0 saturated carbocycles. The van der Waals surface area contributed by atoms with Crippen LogP contribution < -0.4 is 5.32 Å². The molecule has 2 fully saturated rings. The van der Waals surface area contributed by atoms with E-state index < -0.39 is 0 Å². The molecule has 0 radical (unpaired) electrons. The first-order valence-electron chi connectivity index (χ1n) is 9.77. The third kappa shape index (κ3) is 3.72. The fraction of sp³-hybridized carbons (Fsp3) is 0.450. The van der Waals surface area contributed by atoms with Crippen molar-refractivity contribution in [1.29, 1.82) is 0 Å².